The van der Waals surface area contributed by atoms with Crippen LogP contribution in [0.2, 0.25) is 0 Å². The molecule has 224 valence electrons. The van der Waals surface area contributed by atoms with Crippen molar-refractivity contribution in [3.63, 3.8) is 0 Å². The van der Waals surface area contributed by atoms with Gasteiger partial charge in [0.2, 0.25) is 0 Å². The lowest BCUT2D eigenvalue weighted by Crippen LogP contribution is -1.96. The Hall–Kier alpha value is -6.45. The van der Waals surface area contributed by atoms with Crippen molar-refractivity contribution in [2.24, 2.45) is 0 Å². The fraction of sp³-hybridized carbons (Fsp3) is 0. The summed E-state index contributed by atoms with van der Waals surface area (Å²) in [7, 11) is 0. The van der Waals surface area contributed by atoms with Crippen LogP contribution in [-0.4, -0.2) is 15.0 Å². The summed E-state index contributed by atoms with van der Waals surface area (Å²) in [6.45, 7) is 0. The first kappa shape index (κ1) is 27.8. The number of hydrogen-bond acceptors (Lipinski definition) is 3. The third-order valence-corrected chi connectivity index (χ3v) is 9.19. The van der Waals surface area contributed by atoms with Crippen LogP contribution in [-0.2, 0) is 0 Å². The fourth-order valence-electron chi connectivity index (χ4n) is 6.78. The van der Waals surface area contributed by atoms with E-state index in [1.807, 2.05) is 42.7 Å². The maximum atomic E-state index is 5.10. The number of nitrogens with zero attached hydrogens (tertiary/aromatic N) is 3. The molecule has 0 saturated heterocycles. The van der Waals surface area contributed by atoms with Gasteiger partial charge in [0.05, 0.1) is 11.4 Å². The quantitative estimate of drug-likeness (QED) is 0.182. The van der Waals surface area contributed by atoms with Crippen molar-refractivity contribution in [3.05, 3.63) is 176 Å². The highest BCUT2D eigenvalue weighted by atomic mass is 14.9. The molecule has 0 radical (unpaired) electrons. The minimum atomic E-state index is 0.699. The molecule has 0 atom stereocenters. The maximum absolute atomic E-state index is 5.10. The van der Waals surface area contributed by atoms with E-state index in [9.17, 15) is 0 Å². The van der Waals surface area contributed by atoms with Crippen molar-refractivity contribution in [2.75, 3.05) is 0 Å². The van der Waals surface area contributed by atoms with Gasteiger partial charge in [-0.2, -0.15) is 0 Å². The van der Waals surface area contributed by atoms with E-state index in [-0.39, 0.29) is 0 Å². The van der Waals surface area contributed by atoms with Gasteiger partial charge in [0.25, 0.3) is 0 Å². The molecule has 0 saturated carbocycles. The van der Waals surface area contributed by atoms with Crippen molar-refractivity contribution in [3.8, 4) is 56.2 Å². The summed E-state index contributed by atoms with van der Waals surface area (Å²) in [5.74, 6) is 0.699. The van der Waals surface area contributed by atoms with E-state index in [0.717, 1.165) is 39.2 Å². The zero-order chi connectivity index (χ0) is 31.9. The van der Waals surface area contributed by atoms with Crippen molar-refractivity contribution < 1.29 is 0 Å². The number of fused-ring (bicyclic) bond motifs is 5. The SMILES string of the molecule is c1ccc(-c2cc(-c3ccc(-c4cc5ccc6ccccc6c5c5ccccc45)cc3)nc(-c3ccc(-c4ccncc4)cc3)n2)cc1. The van der Waals surface area contributed by atoms with Crippen molar-refractivity contribution >= 4 is 32.3 Å². The fourth-order valence-corrected chi connectivity index (χ4v) is 6.78. The third kappa shape index (κ3) is 4.99. The van der Waals surface area contributed by atoms with E-state index < -0.39 is 0 Å². The molecule has 9 aromatic rings. The van der Waals surface area contributed by atoms with Crippen molar-refractivity contribution in [2.45, 2.75) is 0 Å². The average Bonchev–Trinajstić information content (AvgIpc) is 3.18. The van der Waals surface area contributed by atoms with Crippen LogP contribution in [0.5, 0.6) is 0 Å². The normalized spacial score (nSPS) is 11.3. The maximum Gasteiger partial charge on any atom is 0.160 e. The summed E-state index contributed by atoms with van der Waals surface area (Å²) in [6.07, 6.45) is 3.63. The predicted octanol–water partition coefficient (Wildman–Crippen LogP) is 11.7. The molecule has 9 rings (SSSR count). The Morgan fingerprint density at radius 1 is 0.333 bits per heavy atom. The average molecular weight is 612 g/mol. The molecule has 0 aliphatic rings. The first-order chi connectivity index (χ1) is 23.8. The molecule has 7 aromatic carbocycles. The van der Waals surface area contributed by atoms with Crippen LogP contribution in [0, 0.1) is 0 Å². The minimum Gasteiger partial charge on any atom is -0.265 e. The number of benzene rings is 7. The van der Waals surface area contributed by atoms with Crippen molar-refractivity contribution in [1.82, 2.24) is 15.0 Å². The lowest BCUT2D eigenvalue weighted by Gasteiger charge is -2.14. The Bertz CT molecular complexity index is 2580. The highest BCUT2D eigenvalue weighted by Crippen LogP contribution is 2.39. The second-order valence-electron chi connectivity index (χ2n) is 12.1. The monoisotopic (exact) mass is 611 g/mol. The molecule has 3 heteroatoms. The molecule has 2 heterocycles. The third-order valence-electron chi connectivity index (χ3n) is 9.19. The van der Waals surface area contributed by atoms with Crippen molar-refractivity contribution in [1.29, 1.82) is 0 Å². The predicted molar refractivity (Wildman–Crippen MR) is 200 cm³/mol. The Balaban J connectivity index is 1.14. The molecule has 0 aliphatic carbocycles. The molecule has 3 nitrogen and oxygen atoms in total. The first-order valence-electron chi connectivity index (χ1n) is 16.2. The summed E-state index contributed by atoms with van der Waals surface area (Å²) in [5, 5.41) is 7.62. The summed E-state index contributed by atoms with van der Waals surface area (Å²) in [4.78, 5) is 14.3. The number of hydrogen-bond donors (Lipinski definition) is 0. The lowest BCUT2D eigenvalue weighted by atomic mass is 9.90. The van der Waals surface area contributed by atoms with Gasteiger partial charge in [-0.05, 0) is 78.8 Å². The first-order valence-corrected chi connectivity index (χ1v) is 16.2. The summed E-state index contributed by atoms with van der Waals surface area (Å²) < 4.78 is 0. The Morgan fingerprint density at radius 2 is 0.875 bits per heavy atom. The van der Waals surface area contributed by atoms with Crippen LogP contribution in [0.4, 0.5) is 0 Å². The standard InChI is InChI=1S/C45H29N3/c1-2-9-34(10-3-1)42-29-43(48-45(47-42)36-21-14-30(15-22-36)31-24-26-46-27-25-31)35-19-16-33(17-20-35)41-28-37-23-18-32-8-4-5-11-38(32)44(37)40-13-7-6-12-39(40)41/h1-29H. The second-order valence-corrected chi connectivity index (χ2v) is 12.1. The van der Waals surface area contributed by atoms with Gasteiger partial charge in [0.15, 0.2) is 5.82 Å². The van der Waals surface area contributed by atoms with Crippen LogP contribution in [0.15, 0.2) is 176 Å². The molecule has 0 unspecified atom stereocenters. The van der Waals surface area contributed by atoms with Crippen LogP contribution in [0.1, 0.15) is 0 Å². The number of rotatable bonds is 5. The zero-order valence-electron chi connectivity index (χ0n) is 26.1. The van der Waals surface area contributed by atoms with E-state index in [0.29, 0.717) is 5.82 Å². The van der Waals surface area contributed by atoms with Gasteiger partial charge >= 0.3 is 0 Å². The summed E-state index contributed by atoms with van der Waals surface area (Å²) >= 11 is 0. The molecule has 0 fully saturated rings. The Labute approximate surface area is 278 Å². The zero-order valence-corrected chi connectivity index (χ0v) is 26.1. The number of pyridine rings is 1. The van der Waals surface area contributed by atoms with Crippen LogP contribution in [0.3, 0.4) is 0 Å². The number of aromatic nitrogens is 3. The molecule has 0 aliphatic heterocycles. The van der Waals surface area contributed by atoms with Gasteiger partial charge < -0.3 is 0 Å². The lowest BCUT2D eigenvalue weighted by molar-refractivity contribution is 1.18. The van der Waals surface area contributed by atoms with E-state index in [1.54, 1.807) is 0 Å². The second kappa shape index (κ2) is 11.7. The molecular weight excluding hydrogens is 583 g/mol. The van der Waals surface area contributed by atoms with Gasteiger partial charge in [-0.1, -0.05) is 140 Å². The van der Waals surface area contributed by atoms with Gasteiger partial charge in [-0.15, -0.1) is 0 Å². The highest BCUT2D eigenvalue weighted by Gasteiger charge is 2.14. The molecule has 0 bridgehead atoms. The van der Waals surface area contributed by atoms with Gasteiger partial charge in [0.1, 0.15) is 0 Å². The summed E-state index contributed by atoms with van der Waals surface area (Å²) in [5.41, 5.74) is 9.51. The minimum absolute atomic E-state index is 0.699. The molecule has 0 N–H and O–H groups in total. The highest BCUT2D eigenvalue weighted by molar-refractivity contribution is 6.23. The van der Waals surface area contributed by atoms with E-state index in [2.05, 4.69) is 138 Å². The molecule has 0 amide bonds. The summed E-state index contributed by atoms with van der Waals surface area (Å²) in [6, 6.07) is 57.9. The van der Waals surface area contributed by atoms with Crippen LogP contribution >= 0.6 is 0 Å². The smallest absolute Gasteiger partial charge is 0.160 e. The molecule has 2 aromatic heterocycles. The van der Waals surface area contributed by atoms with Gasteiger partial charge in [-0.3, -0.25) is 4.98 Å². The largest absolute Gasteiger partial charge is 0.265 e. The van der Waals surface area contributed by atoms with Crippen LogP contribution < -0.4 is 0 Å². The Kier molecular flexibility index (Phi) is 6.80. The van der Waals surface area contributed by atoms with Gasteiger partial charge in [0, 0.05) is 29.1 Å². The van der Waals surface area contributed by atoms with Gasteiger partial charge in [-0.25, -0.2) is 9.97 Å². The van der Waals surface area contributed by atoms with E-state index >= 15 is 0 Å². The molecular formula is C45H29N3. The van der Waals surface area contributed by atoms with E-state index in [1.165, 1.54) is 43.4 Å². The molecule has 0 spiro atoms. The van der Waals surface area contributed by atoms with Crippen LogP contribution in [0.25, 0.3) is 88.5 Å². The topological polar surface area (TPSA) is 38.7 Å². The Morgan fingerprint density at radius 3 is 1.62 bits per heavy atom. The van der Waals surface area contributed by atoms with E-state index in [4.69, 9.17) is 9.97 Å². The molecule has 48 heavy (non-hydrogen) atoms.